The molecule has 0 spiro atoms. The lowest BCUT2D eigenvalue weighted by molar-refractivity contribution is -0.120. The van der Waals surface area contributed by atoms with Crippen LogP contribution < -0.4 is 5.32 Å². The van der Waals surface area contributed by atoms with E-state index < -0.39 is 0 Å². The van der Waals surface area contributed by atoms with Crippen molar-refractivity contribution in [2.24, 2.45) is 0 Å². The van der Waals surface area contributed by atoms with Gasteiger partial charge in [0.25, 0.3) is 0 Å². The molecule has 0 unspecified atom stereocenters. The fourth-order valence-electron chi connectivity index (χ4n) is 2.23. The van der Waals surface area contributed by atoms with Crippen molar-refractivity contribution in [1.82, 2.24) is 4.90 Å². The number of anilines is 1. The normalized spacial score (nSPS) is 11.8. The maximum absolute atomic E-state index is 12.4. The van der Waals surface area contributed by atoms with Crippen molar-refractivity contribution in [1.29, 1.82) is 5.26 Å². The molecule has 0 bridgehead atoms. The van der Waals surface area contributed by atoms with Crippen LogP contribution in [-0.4, -0.2) is 30.2 Å². The predicted octanol–water partition coefficient (Wildman–Crippen LogP) is 3.74. The topological polar surface area (TPSA) is 56.1 Å². The summed E-state index contributed by atoms with van der Waals surface area (Å²) in [6.07, 6.45) is 2.05. The zero-order valence-corrected chi connectivity index (χ0v) is 14.9. The molecule has 0 aliphatic carbocycles. The van der Waals surface area contributed by atoms with Gasteiger partial charge in [-0.3, -0.25) is 9.69 Å². The third-order valence-electron chi connectivity index (χ3n) is 3.91. The van der Waals surface area contributed by atoms with E-state index in [1.54, 1.807) is 36.0 Å². The Labute approximate surface area is 147 Å². The smallest absolute Gasteiger partial charge is 0.241 e. The summed E-state index contributed by atoms with van der Waals surface area (Å²) in [6.45, 7) is 2.59. The number of benzene rings is 2. The van der Waals surface area contributed by atoms with Crippen LogP contribution >= 0.6 is 11.8 Å². The first-order valence-electron chi connectivity index (χ1n) is 7.67. The predicted molar refractivity (Wildman–Crippen MR) is 98.9 cm³/mol. The van der Waals surface area contributed by atoms with Crippen LogP contribution in [0.5, 0.6) is 0 Å². The van der Waals surface area contributed by atoms with E-state index >= 15 is 0 Å². The molecule has 1 N–H and O–H groups in total. The van der Waals surface area contributed by atoms with Crippen molar-refractivity contribution in [3.63, 3.8) is 0 Å². The van der Waals surface area contributed by atoms with Gasteiger partial charge in [0.15, 0.2) is 0 Å². The lowest BCUT2D eigenvalue weighted by Gasteiger charge is -2.24. The quantitative estimate of drug-likeness (QED) is 0.815. The van der Waals surface area contributed by atoms with E-state index in [9.17, 15) is 4.79 Å². The van der Waals surface area contributed by atoms with Crippen LogP contribution in [0.25, 0.3) is 0 Å². The van der Waals surface area contributed by atoms with E-state index in [1.165, 1.54) is 10.5 Å². The molecule has 124 valence electrons. The van der Waals surface area contributed by atoms with Gasteiger partial charge in [-0.15, -0.1) is 11.8 Å². The number of nitrogens with zero attached hydrogens (tertiary/aromatic N) is 2. The second-order valence-electron chi connectivity index (χ2n) is 5.62. The highest BCUT2D eigenvalue weighted by molar-refractivity contribution is 7.98. The monoisotopic (exact) mass is 339 g/mol. The second-order valence-corrected chi connectivity index (χ2v) is 6.50. The Kier molecular flexibility index (Phi) is 6.42. The summed E-state index contributed by atoms with van der Waals surface area (Å²) < 4.78 is 0. The molecule has 0 radical (unpaired) electrons. The van der Waals surface area contributed by atoms with Crippen LogP contribution in [0.1, 0.15) is 18.1 Å². The van der Waals surface area contributed by atoms with Gasteiger partial charge in [-0.05, 0) is 62.2 Å². The largest absolute Gasteiger partial charge is 0.325 e. The highest BCUT2D eigenvalue weighted by atomic mass is 32.2. The summed E-state index contributed by atoms with van der Waals surface area (Å²) in [5, 5.41) is 11.7. The number of carbonyl (C=O) groups is 1. The highest BCUT2D eigenvalue weighted by Gasteiger charge is 2.18. The minimum absolute atomic E-state index is 0.0667. The zero-order valence-electron chi connectivity index (χ0n) is 14.1. The molecule has 24 heavy (non-hydrogen) atoms. The van der Waals surface area contributed by atoms with E-state index in [0.717, 1.165) is 0 Å². The highest BCUT2D eigenvalue weighted by Crippen LogP contribution is 2.16. The van der Waals surface area contributed by atoms with Gasteiger partial charge in [-0.25, -0.2) is 0 Å². The Morgan fingerprint density at radius 2 is 1.83 bits per heavy atom. The van der Waals surface area contributed by atoms with E-state index in [0.29, 0.717) is 17.8 Å². The Hall–Kier alpha value is -2.29. The van der Waals surface area contributed by atoms with Gasteiger partial charge in [-0.2, -0.15) is 5.26 Å². The summed E-state index contributed by atoms with van der Waals surface area (Å²) in [7, 11) is 1.94. The number of thioether (sulfide) groups is 1. The Balaban J connectivity index is 1.94. The molecule has 2 rings (SSSR count). The number of hydrogen-bond donors (Lipinski definition) is 1. The third-order valence-corrected chi connectivity index (χ3v) is 4.66. The van der Waals surface area contributed by atoms with Crippen LogP contribution in [0, 0.1) is 11.3 Å². The minimum Gasteiger partial charge on any atom is -0.325 e. The first-order chi connectivity index (χ1) is 11.5. The molecule has 1 atom stereocenters. The Morgan fingerprint density at radius 3 is 2.38 bits per heavy atom. The lowest BCUT2D eigenvalue weighted by Crippen LogP contribution is -2.39. The summed E-state index contributed by atoms with van der Waals surface area (Å²) in [5.41, 5.74) is 2.45. The number of nitriles is 1. The summed E-state index contributed by atoms with van der Waals surface area (Å²) >= 11 is 1.71. The molecule has 0 aliphatic heterocycles. The van der Waals surface area contributed by atoms with Crippen molar-refractivity contribution in [2.75, 3.05) is 18.6 Å². The average Bonchev–Trinajstić information content (AvgIpc) is 2.62. The molecule has 0 saturated heterocycles. The van der Waals surface area contributed by atoms with Gasteiger partial charge in [0, 0.05) is 17.1 Å². The number of rotatable bonds is 6. The summed E-state index contributed by atoms with van der Waals surface area (Å²) in [4.78, 5) is 15.6. The molecule has 0 aromatic heterocycles. The van der Waals surface area contributed by atoms with Crippen molar-refractivity contribution in [3.05, 3.63) is 59.7 Å². The Morgan fingerprint density at radius 1 is 1.21 bits per heavy atom. The van der Waals surface area contributed by atoms with Crippen molar-refractivity contribution >= 4 is 23.4 Å². The number of likely N-dealkylation sites (N-methyl/N-ethyl adjacent to an activating group) is 1. The fraction of sp³-hybridized carbons (Fsp3) is 0.263. The van der Waals surface area contributed by atoms with Crippen LogP contribution in [0.3, 0.4) is 0 Å². The van der Waals surface area contributed by atoms with E-state index in [4.69, 9.17) is 5.26 Å². The van der Waals surface area contributed by atoms with Crippen LogP contribution in [-0.2, 0) is 11.3 Å². The number of amides is 1. The first kappa shape index (κ1) is 18.1. The first-order valence-corrected chi connectivity index (χ1v) is 8.90. The van der Waals surface area contributed by atoms with Gasteiger partial charge in [0.05, 0.1) is 17.7 Å². The molecular formula is C19H21N3OS. The molecule has 4 nitrogen and oxygen atoms in total. The molecule has 2 aromatic rings. The van der Waals surface area contributed by atoms with Crippen LogP contribution in [0.15, 0.2) is 53.4 Å². The summed E-state index contributed by atoms with van der Waals surface area (Å²) in [6, 6.07) is 17.0. The Bertz CT molecular complexity index is 720. The molecule has 0 fully saturated rings. The second kappa shape index (κ2) is 8.53. The molecule has 0 heterocycles. The van der Waals surface area contributed by atoms with E-state index in [1.807, 2.05) is 18.9 Å². The fourth-order valence-corrected chi connectivity index (χ4v) is 2.64. The van der Waals surface area contributed by atoms with Gasteiger partial charge < -0.3 is 5.32 Å². The van der Waals surface area contributed by atoms with Gasteiger partial charge >= 0.3 is 0 Å². The summed E-state index contributed by atoms with van der Waals surface area (Å²) in [5.74, 6) is -0.0667. The number of hydrogen-bond acceptors (Lipinski definition) is 4. The van der Waals surface area contributed by atoms with Crippen LogP contribution in [0.4, 0.5) is 5.69 Å². The van der Waals surface area contributed by atoms with Crippen molar-refractivity contribution in [3.8, 4) is 6.07 Å². The SMILES string of the molecule is CSc1ccc(CN(C)[C@@H](C)C(=O)Nc2ccc(C#N)cc2)cc1. The molecule has 1 amide bonds. The van der Waals surface area contributed by atoms with Gasteiger partial charge in [0.2, 0.25) is 5.91 Å². The van der Waals surface area contributed by atoms with Gasteiger partial charge in [-0.1, -0.05) is 12.1 Å². The van der Waals surface area contributed by atoms with E-state index in [-0.39, 0.29) is 11.9 Å². The maximum atomic E-state index is 12.4. The van der Waals surface area contributed by atoms with Gasteiger partial charge in [0.1, 0.15) is 0 Å². The third kappa shape index (κ3) is 4.85. The molecule has 2 aromatic carbocycles. The van der Waals surface area contributed by atoms with E-state index in [2.05, 4.69) is 41.9 Å². The van der Waals surface area contributed by atoms with Crippen molar-refractivity contribution in [2.45, 2.75) is 24.4 Å². The van der Waals surface area contributed by atoms with Crippen molar-refractivity contribution < 1.29 is 4.79 Å². The minimum atomic E-state index is -0.263. The molecular weight excluding hydrogens is 318 g/mol. The molecule has 0 saturated carbocycles. The molecule has 5 heteroatoms. The maximum Gasteiger partial charge on any atom is 0.241 e. The number of nitrogens with one attached hydrogen (secondary N) is 1. The zero-order chi connectivity index (χ0) is 17.5. The number of carbonyl (C=O) groups excluding carboxylic acids is 1. The van der Waals surface area contributed by atoms with Crippen LogP contribution in [0.2, 0.25) is 0 Å². The molecule has 0 aliphatic rings. The standard InChI is InChI=1S/C19H21N3OS/c1-14(19(23)21-17-8-4-15(12-20)5-9-17)22(2)13-16-6-10-18(24-3)11-7-16/h4-11,14H,13H2,1-3H3,(H,21,23)/t14-/m0/s1. The lowest BCUT2D eigenvalue weighted by atomic mass is 10.1. The average molecular weight is 339 g/mol.